The number of rotatable bonds is 6. The van der Waals surface area contributed by atoms with Crippen LogP contribution in [0.25, 0.3) is 16.2 Å². The molecule has 2 aromatic heterocycles. The van der Waals surface area contributed by atoms with Gasteiger partial charge in [0.25, 0.3) is 0 Å². The molecule has 6 heteroatoms. The maximum Gasteiger partial charge on any atom is 0.225 e. The van der Waals surface area contributed by atoms with E-state index in [4.69, 9.17) is 0 Å². The molecule has 1 amide bonds. The van der Waals surface area contributed by atoms with Crippen molar-refractivity contribution in [3.8, 4) is 11.3 Å². The normalized spacial score (nSPS) is 11.0. The molecule has 27 heavy (non-hydrogen) atoms. The highest BCUT2D eigenvalue weighted by atomic mass is 32.1. The Balaban J connectivity index is 1.38. The second-order valence-electron chi connectivity index (χ2n) is 6.27. The van der Waals surface area contributed by atoms with Crippen LogP contribution in [0, 0.1) is 5.82 Å². The predicted octanol–water partition coefficient (Wildman–Crippen LogP) is 4.10. The number of fused-ring (bicyclic) bond motifs is 1. The van der Waals surface area contributed by atoms with E-state index < -0.39 is 0 Å². The first-order valence-electron chi connectivity index (χ1n) is 8.71. The number of thiazole rings is 1. The summed E-state index contributed by atoms with van der Waals surface area (Å²) >= 11 is 1.53. The Labute approximate surface area is 160 Å². The lowest BCUT2D eigenvalue weighted by atomic mass is 10.1. The molecule has 4 rings (SSSR count). The van der Waals surface area contributed by atoms with Crippen molar-refractivity contribution in [2.45, 2.75) is 12.8 Å². The zero-order valence-electron chi connectivity index (χ0n) is 14.6. The number of aromatic nitrogens is 2. The fraction of sp³-hybridized carbons (Fsp3) is 0.143. The molecule has 0 saturated heterocycles. The maximum atomic E-state index is 12.9. The van der Waals surface area contributed by atoms with Crippen LogP contribution >= 0.6 is 11.3 Å². The summed E-state index contributed by atoms with van der Waals surface area (Å²) in [5, 5.41) is 4.89. The molecule has 0 spiro atoms. The molecule has 0 unspecified atom stereocenters. The van der Waals surface area contributed by atoms with Crippen molar-refractivity contribution in [3.63, 3.8) is 0 Å². The summed E-state index contributed by atoms with van der Waals surface area (Å²) in [6.45, 7) is 0.525. The first-order valence-corrected chi connectivity index (χ1v) is 9.59. The van der Waals surface area contributed by atoms with E-state index in [-0.39, 0.29) is 11.7 Å². The van der Waals surface area contributed by atoms with Gasteiger partial charge >= 0.3 is 0 Å². The number of imidazole rings is 1. The van der Waals surface area contributed by atoms with Crippen molar-refractivity contribution < 1.29 is 9.18 Å². The smallest absolute Gasteiger partial charge is 0.225 e. The van der Waals surface area contributed by atoms with E-state index in [1.165, 1.54) is 23.5 Å². The fourth-order valence-electron chi connectivity index (χ4n) is 2.93. The maximum absolute atomic E-state index is 12.9. The van der Waals surface area contributed by atoms with Gasteiger partial charge in [0, 0.05) is 29.4 Å². The van der Waals surface area contributed by atoms with E-state index in [0.717, 1.165) is 27.5 Å². The lowest BCUT2D eigenvalue weighted by Crippen LogP contribution is -2.27. The molecule has 0 aliphatic rings. The van der Waals surface area contributed by atoms with E-state index in [2.05, 4.69) is 10.3 Å². The van der Waals surface area contributed by atoms with Gasteiger partial charge < -0.3 is 5.32 Å². The monoisotopic (exact) mass is 379 g/mol. The third kappa shape index (κ3) is 4.06. The van der Waals surface area contributed by atoms with Crippen LogP contribution in [0.2, 0.25) is 0 Å². The Bertz CT molecular complexity index is 1050. The minimum absolute atomic E-state index is 0.0354. The molecule has 4 aromatic rings. The summed E-state index contributed by atoms with van der Waals surface area (Å²) in [6, 6.07) is 16.3. The van der Waals surface area contributed by atoms with Crippen LogP contribution in [0.4, 0.5) is 4.39 Å². The highest BCUT2D eigenvalue weighted by Crippen LogP contribution is 2.23. The summed E-state index contributed by atoms with van der Waals surface area (Å²) in [7, 11) is 0. The van der Waals surface area contributed by atoms with Crippen LogP contribution < -0.4 is 5.32 Å². The highest BCUT2D eigenvalue weighted by molar-refractivity contribution is 7.15. The molecule has 0 aliphatic carbocycles. The van der Waals surface area contributed by atoms with Crippen LogP contribution in [0.5, 0.6) is 0 Å². The standard InChI is InChI=1S/C21H18FN3OS/c22-17-8-6-15(7-9-17)10-11-23-20(26)12-18-14-27-21-24-19(13-25(18)21)16-4-2-1-3-5-16/h1-9,13-14H,10-12H2,(H,23,26). The molecular formula is C21H18FN3OS. The Morgan fingerprint density at radius 2 is 1.89 bits per heavy atom. The zero-order chi connectivity index (χ0) is 18.6. The van der Waals surface area contributed by atoms with Crippen LogP contribution in [-0.4, -0.2) is 21.8 Å². The molecule has 0 fully saturated rings. The van der Waals surface area contributed by atoms with Gasteiger partial charge in [0.05, 0.1) is 12.1 Å². The molecule has 4 nitrogen and oxygen atoms in total. The number of benzene rings is 2. The van der Waals surface area contributed by atoms with Crippen LogP contribution in [0.15, 0.2) is 66.2 Å². The van der Waals surface area contributed by atoms with E-state index in [0.29, 0.717) is 19.4 Å². The minimum atomic E-state index is -0.250. The molecular weight excluding hydrogens is 361 g/mol. The number of carbonyl (C=O) groups excluding carboxylic acids is 1. The van der Waals surface area contributed by atoms with Gasteiger partial charge in [0.2, 0.25) is 5.91 Å². The van der Waals surface area contributed by atoms with Crippen LogP contribution in [-0.2, 0) is 17.6 Å². The molecule has 0 atom stereocenters. The van der Waals surface area contributed by atoms with E-state index in [1.807, 2.05) is 46.3 Å². The molecule has 0 radical (unpaired) electrons. The van der Waals surface area contributed by atoms with Gasteiger partial charge in [-0.2, -0.15) is 0 Å². The number of amides is 1. The summed E-state index contributed by atoms with van der Waals surface area (Å²) in [4.78, 5) is 17.8. The SMILES string of the molecule is O=C(Cc1csc2nc(-c3ccccc3)cn12)NCCc1ccc(F)cc1. The summed E-state index contributed by atoms with van der Waals surface area (Å²) < 4.78 is 14.9. The van der Waals surface area contributed by atoms with Gasteiger partial charge in [0.1, 0.15) is 5.82 Å². The molecule has 1 N–H and O–H groups in total. The summed E-state index contributed by atoms with van der Waals surface area (Å²) in [5.74, 6) is -0.286. The third-order valence-corrected chi connectivity index (χ3v) is 5.23. The van der Waals surface area contributed by atoms with Gasteiger partial charge in [-0.05, 0) is 24.1 Å². The number of hydrogen-bond acceptors (Lipinski definition) is 3. The van der Waals surface area contributed by atoms with Crippen molar-refractivity contribution in [1.82, 2.24) is 14.7 Å². The zero-order valence-corrected chi connectivity index (χ0v) is 15.4. The highest BCUT2D eigenvalue weighted by Gasteiger charge is 2.12. The molecule has 0 saturated carbocycles. The number of nitrogens with one attached hydrogen (secondary N) is 1. The molecule has 2 aromatic carbocycles. The van der Waals surface area contributed by atoms with Crippen molar-refractivity contribution in [2.24, 2.45) is 0 Å². The number of nitrogens with zero attached hydrogens (tertiary/aromatic N) is 2. The van der Waals surface area contributed by atoms with E-state index in [1.54, 1.807) is 12.1 Å². The quantitative estimate of drug-likeness (QED) is 0.548. The molecule has 0 bridgehead atoms. The summed E-state index contributed by atoms with van der Waals surface area (Å²) in [5.41, 5.74) is 3.88. The first-order chi connectivity index (χ1) is 13.2. The van der Waals surface area contributed by atoms with Crippen molar-refractivity contribution in [2.75, 3.05) is 6.54 Å². The van der Waals surface area contributed by atoms with Crippen molar-refractivity contribution in [3.05, 3.63) is 83.2 Å². The van der Waals surface area contributed by atoms with Crippen molar-refractivity contribution in [1.29, 1.82) is 0 Å². The van der Waals surface area contributed by atoms with Gasteiger partial charge in [0.15, 0.2) is 4.96 Å². The topological polar surface area (TPSA) is 46.4 Å². The lowest BCUT2D eigenvalue weighted by molar-refractivity contribution is -0.120. The second kappa shape index (κ2) is 7.72. The number of carbonyl (C=O) groups is 1. The fourth-order valence-corrected chi connectivity index (χ4v) is 3.80. The Morgan fingerprint density at radius 1 is 1.11 bits per heavy atom. The van der Waals surface area contributed by atoms with E-state index in [9.17, 15) is 9.18 Å². The largest absolute Gasteiger partial charge is 0.355 e. The number of halogens is 1. The number of hydrogen-bond donors (Lipinski definition) is 1. The van der Waals surface area contributed by atoms with Gasteiger partial charge in [-0.25, -0.2) is 9.37 Å². The minimum Gasteiger partial charge on any atom is -0.355 e. The van der Waals surface area contributed by atoms with Gasteiger partial charge in [-0.3, -0.25) is 9.20 Å². The van der Waals surface area contributed by atoms with Crippen LogP contribution in [0.3, 0.4) is 0 Å². The lowest BCUT2D eigenvalue weighted by Gasteiger charge is -2.05. The second-order valence-corrected chi connectivity index (χ2v) is 7.11. The Hall–Kier alpha value is -2.99. The van der Waals surface area contributed by atoms with Crippen LogP contribution in [0.1, 0.15) is 11.3 Å². The molecule has 2 heterocycles. The molecule has 0 aliphatic heterocycles. The van der Waals surface area contributed by atoms with E-state index >= 15 is 0 Å². The Kier molecular flexibility index (Phi) is 4.98. The van der Waals surface area contributed by atoms with Gasteiger partial charge in [-0.1, -0.05) is 42.5 Å². The summed E-state index contributed by atoms with van der Waals surface area (Å²) in [6.07, 6.45) is 2.95. The third-order valence-electron chi connectivity index (χ3n) is 4.34. The average Bonchev–Trinajstić information content (AvgIpc) is 3.26. The average molecular weight is 379 g/mol. The van der Waals surface area contributed by atoms with Gasteiger partial charge in [-0.15, -0.1) is 11.3 Å². The predicted molar refractivity (Wildman–Crippen MR) is 105 cm³/mol. The first kappa shape index (κ1) is 17.4. The van der Waals surface area contributed by atoms with Crippen molar-refractivity contribution >= 4 is 22.2 Å². The Morgan fingerprint density at radius 3 is 2.67 bits per heavy atom. The molecule has 136 valence electrons.